The Bertz CT molecular complexity index is 490. The number of aryl methyl sites for hydroxylation is 1. The number of halogens is 1. The van der Waals surface area contributed by atoms with Crippen LogP contribution in [0.3, 0.4) is 0 Å². The first-order chi connectivity index (χ1) is 8.25. The summed E-state index contributed by atoms with van der Waals surface area (Å²) in [6.45, 7) is 0. The van der Waals surface area contributed by atoms with Crippen LogP contribution in [-0.4, -0.2) is 21.1 Å². The van der Waals surface area contributed by atoms with E-state index >= 15 is 0 Å². The third-order valence-electron chi connectivity index (χ3n) is 2.22. The summed E-state index contributed by atoms with van der Waals surface area (Å²) in [5.41, 5.74) is 0.946. The van der Waals surface area contributed by atoms with E-state index in [1.54, 1.807) is 23.9 Å². The van der Waals surface area contributed by atoms with E-state index in [4.69, 9.17) is 11.6 Å². The predicted octanol–water partition coefficient (Wildman–Crippen LogP) is 3.17. The number of phenolic OH excluding ortho intramolecular Hbond substituents is 1. The first-order valence-corrected chi connectivity index (χ1v) is 6.51. The molecule has 2 rings (SSSR count). The lowest BCUT2D eigenvalue weighted by Gasteiger charge is -2.03. The number of phenols is 1. The summed E-state index contributed by atoms with van der Waals surface area (Å²) in [6.07, 6.45) is 0.793. The summed E-state index contributed by atoms with van der Waals surface area (Å²) in [6, 6.07) is 10.9. The standard InChI is InChI=1S/C12H11ClN2OS/c13-11-5-6-12(15-14-11)17-8-7-9-3-1-2-4-10(9)16/h1-6,16H,7-8H2. The number of hydrogen-bond donors (Lipinski definition) is 1. The molecule has 5 heteroatoms. The Hall–Kier alpha value is -1.26. The van der Waals surface area contributed by atoms with Gasteiger partial charge >= 0.3 is 0 Å². The summed E-state index contributed by atoms with van der Waals surface area (Å²) >= 11 is 7.24. The van der Waals surface area contributed by atoms with Gasteiger partial charge in [-0.3, -0.25) is 0 Å². The van der Waals surface area contributed by atoms with Gasteiger partial charge in [0.15, 0.2) is 5.15 Å². The molecule has 0 saturated heterocycles. The van der Waals surface area contributed by atoms with Crippen LogP contribution in [-0.2, 0) is 6.42 Å². The normalized spacial score (nSPS) is 10.4. The van der Waals surface area contributed by atoms with E-state index in [0.29, 0.717) is 10.9 Å². The second-order valence-corrected chi connectivity index (χ2v) is 4.92. The molecular formula is C12H11ClN2OS. The van der Waals surface area contributed by atoms with Gasteiger partial charge in [-0.2, -0.15) is 0 Å². The van der Waals surface area contributed by atoms with Crippen LogP contribution in [0.1, 0.15) is 5.56 Å². The highest BCUT2D eigenvalue weighted by molar-refractivity contribution is 7.99. The van der Waals surface area contributed by atoms with E-state index in [-0.39, 0.29) is 0 Å². The van der Waals surface area contributed by atoms with Crippen molar-refractivity contribution in [3.05, 3.63) is 47.1 Å². The van der Waals surface area contributed by atoms with Crippen LogP contribution in [0.15, 0.2) is 41.4 Å². The molecule has 1 aromatic carbocycles. The topological polar surface area (TPSA) is 46.0 Å². The van der Waals surface area contributed by atoms with Gasteiger partial charge in [0.05, 0.1) is 0 Å². The van der Waals surface area contributed by atoms with Crippen molar-refractivity contribution in [1.29, 1.82) is 0 Å². The zero-order chi connectivity index (χ0) is 12.1. The van der Waals surface area contributed by atoms with Crippen molar-refractivity contribution >= 4 is 23.4 Å². The highest BCUT2D eigenvalue weighted by Gasteiger charge is 2.01. The SMILES string of the molecule is Oc1ccccc1CCSc1ccc(Cl)nn1. The van der Waals surface area contributed by atoms with E-state index in [0.717, 1.165) is 22.8 Å². The third-order valence-corrected chi connectivity index (χ3v) is 3.34. The Labute approximate surface area is 109 Å². The Morgan fingerprint density at radius 1 is 1.12 bits per heavy atom. The van der Waals surface area contributed by atoms with Gasteiger partial charge in [-0.05, 0) is 30.2 Å². The molecule has 0 fully saturated rings. The molecule has 0 radical (unpaired) electrons. The van der Waals surface area contributed by atoms with Crippen molar-refractivity contribution < 1.29 is 5.11 Å². The van der Waals surface area contributed by atoms with Gasteiger partial charge in [-0.15, -0.1) is 22.0 Å². The van der Waals surface area contributed by atoms with Gasteiger partial charge in [0.1, 0.15) is 10.8 Å². The molecular weight excluding hydrogens is 256 g/mol. The maximum absolute atomic E-state index is 9.59. The lowest BCUT2D eigenvalue weighted by molar-refractivity contribution is 0.469. The fourth-order valence-electron chi connectivity index (χ4n) is 1.37. The smallest absolute Gasteiger partial charge is 0.151 e. The largest absolute Gasteiger partial charge is 0.508 e. The molecule has 3 nitrogen and oxygen atoms in total. The average molecular weight is 267 g/mol. The lowest BCUT2D eigenvalue weighted by atomic mass is 10.1. The molecule has 0 amide bonds. The Morgan fingerprint density at radius 3 is 2.65 bits per heavy atom. The summed E-state index contributed by atoms with van der Waals surface area (Å²) in [4.78, 5) is 0. The lowest BCUT2D eigenvalue weighted by Crippen LogP contribution is -1.91. The van der Waals surface area contributed by atoms with Crippen molar-refractivity contribution in [2.45, 2.75) is 11.4 Å². The average Bonchev–Trinajstić information content (AvgIpc) is 2.34. The molecule has 1 heterocycles. The summed E-state index contributed by atoms with van der Waals surface area (Å²) < 4.78 is 0. The number of thioether (sulfide) groups is 1. The van der Waals surface area contributed by atoms with Gasteiger partial charge in [-0.1, -0.05) is 29.8 Å². The van der Waals surface area contributed by atoms with Crippen LogP contribution in [0.25, 0.3) is 0 Å². The van der Waals surface area contributed by atoms with Crippen LogP contribution in [0.2, 0.25) is 5.15 Å². The van der Waals surface area contributed by atoms with Crippen LogP contribution in [0.4, 0.5) is 0 Å². The second kappa shape index (κ2) is 5.89. The molecule has 1 aromatic heterocycles. The van der Waals surface area contributed by atoms with Gasteiger partial charge in [-0.25, -0.2) is 0 Å². The minimum Gasteiger partial charge on any atom is -0.508 e. The predicted molar refractivity (Wildman–Crippen MR) is 69.6 cm³/mol. The van der Waals surface area contributed by atoms with Gasteiger partial charge in [0, 0.05) is 5.75 Å². The summed E-state index contributed by atoms with van der Waals surface area (Å²) in [5, 5.41) is 18.5. The number of aromatic hydroxyl groups is 1. The number of aromatic nitrogens is 2. The monoisotopic (exact) mass is 266 g/mol. The van der Waals surface area contributed by atoms with Gasteiger partial charge < -0.3 is 5.11 Å². The zero-order valence-electron chi connectivity index (χ0n) is 9.01. The van der Waals surface area contributed by atoms with E-state index in [2.05, 4.69) is 10.2 Å². The van der Waals surface area contributed by atoms with E-state index in [1.165, 1.54) is 0 Å². The van der Waals surface area contributed by atoms with E-state index < -0.39 is 0 Å². The third kappa shape index (κ3) is 3.61. The Kier molecular flexibility index (Phi) is 4.23. The summed E-state index contributed by atoms with van der Waals surface area (Å²) in [5.74, 6) is 1.18. The fourth-order valence-corrected chi connectivity index (χ4v) is 2.26. The van der Waals surface area contributed by atoms with Crippen molar-refractivity contribution in [1.82, 2.24) is 10.2 Å². The Morgan fingerprint density at radius 2 is 1.94 bits per heavy atom. The highest BCUT2D eigenvalue weighted by Crippen LogP contribution is 2.21. The van der Waals surface area contributed by atoms with Crippen LogP contribution in [0, 0.1) is 0 Å². The first-order valence-electron chi connectivity index (χ1n) is 5.14. The van der Waals surface area contributed by atoms with Gasteiger partial charge in [0.2, 0.25) is 0 Å². The summed E-state index contributed by atoms with van der Waals surface area (Å²) in [7, 11) is 0. The molecule has 1 N–H and O–H groups in total. The molecule has 0 aliphatic heterocycles. The molecule has 88 valence electrons. The Balaban J connectivity index is 1.88. The number of para-hydroxylation sites is 1. The second-order valence-electron chi connectivity index (χ2n) is 3.42. The molecule has 0 spiro atoms. The minimum atomic E-state index is 0.343. The quantitative estimate of drug-likeness (QED) is 0.864. The molecule has 2 aromatic rings. The van der Waals surface area contributed by atoms with Gasteiger partial charge in [0.25, 0.3) is 0 Å². The van der Waals surface area contributed by atoms with Crippen molar-refractivity contribution in [2.24, 2.45) is 0 Å². The number of nitrogens with zero attached hydrogens (tertiary/aromatic N) is 2. The van der Waals surface area contributed by atoms with Crippen molar-refractivity contribution in [3.8, 4) is 5.75 Å². The van der Waals surface area contributed by atoms with Crippen LogP contribution >= 0.6 is 23.4 Å². The maximum Gasteiger partial charge on any atom is 0.151 e. The number of hydrogen-bond acceptors (Lipinski definition) is 4. The fraction of sp³-hybridized carbons (Fsp3) is 0.167. The molecule has 0 aliphatic rings. The van der Waals surface area contributed by atoms with Crippen LogP contribution in [0.5, 0.6) is 5.75 Å². The minimum absolute atomic E-state index is 0.343. The zero-order valence-corrected chi connectivity index (χ0v) is 10.6. The van der Waals surface area contributed by atoms with Crippen molar-refractivity contribution in [3.63, 3.8) is 0 Å². The number of rotatable bonds is 4. The maximum atomic E-state index is 9.59. The van der Waals surface area contributed by atoms with E-state index in [1.807, 2.05) is 24.3 Å². The molecule has 0 saturated carbocycles. The number of benzene rings is 1. The molecule has 0 bridgehead atoms. The highest BCUT2D eigenvalue weighted by atomic mass is 35.5. The van der Waals surface area contributed by atoms with Crippen LogP contribution < -0.4 is 0 Å². The molecule has 0 atom stereocenters. The van der Waals surface area contributed by atoms with E-state index in [9.17, 15) is 5.11 Å². The molecule has 0 unspecified atom stereocenters. The molecule has 17 heavy (non-hydrogen) atoms. The molecule has 0 aliphatic carbocycles. The van der Waals surface area contributed by atoms with Crippen molar-refractivity contribution in [2.75, 3.05) is 5.75 Å². The first kappa shape index (κ1) is 12.2.